The minimum atomic E-state index is -4.62. The highest BCUT2D eigenvalue weighted by atomic mass is 35.5. The Kier molecular flexibility index (Phi) is 5.42. The van der Waals surface area contributed by atoms with Crippen LogP contribution < -0.4 is 5.32 Å². The molecule has 0 radical (unpaired) electrons. The average Bonchev–Trinajstić information content (AvgIpc) is 3.14. The molecule has 0 unspecified atom stereocenters. The zero-order chi connectivity index (χ0) is 21.4. The van der Waals surface area contributed by atoms with Gasteiger partial charge in [-0.15, -0.1) is 0 Å². The van der Waals surface area contributed by atoms with Crippen molar-refractivity contribution in [1.29, 1.82) is 0 Å². The second-order valence-corrected chi connectivity index (χ2v) is 8.44. The molecular formula is C18H13ClF3N3O3S. The summed E-state index contributed by atoms with van der Waals surface area (Å²) >= 11 is 5.86. The van der Waals surface area contributed by atoms with Crippen molar-refractivity contribution < 1.29 is 26.4 Å². The van der Waals surface area contributed by atoms with Gasteiger partial charge in [0.25, 0.3) is 5.91 Å². The number of sulfone groups is 1. The third kappa shape index (κ3) is 4.60. The Hall–Kier alpha value is -2.85. The van der Waals surface area contributed by atoms with Crippen molar-refractivity contribution in [3.05, 3.63) is 71.0 Å². The fourth-order valence-electron chi connectivity index (χ4n) is 2.55. The van der Waals surface area contributed by atoms with Gasteiger partial charge in [0.2, 0.25) is 0 Å². The fraction of sp³-hybridized carbons (Fsp3) is 0.111. The fourth-order valence-corrected chi connectivity index (χ4v) is 3.85. The quantitative estimate of drug-likeness (QED) is 0.655. The van der Waals surface area contributed by atoms with E-state index in [1.165, 1.54) is 35.3 Å². The van der Waals surface area contributed by atoms with Crippen molar-refractivity contribution >= 4 is 33.0 Å². The van der Waals surface area contributed by atoms with Crippen molar-refractivity contribution in [2.75, 3.05) is 11.6 Å². The molecule has 0 aliphatic heterocycles. The van der Waals surface area contributed by atoms with E-state index in [4.69, 9.17) is 11.6 Å². The van der Waals surface area contributed by atoms with Crippen molar-refractivity contribution in [2.45, 2.75) is 11.1 Å². The van der Waals surface area contributed by atoms with Crippen LogP contribution in [0, 0.1) is 0 Å². The van der Waals surface area contributed by atoms with Gasteiger partial charge in [0, 0.05) is 24.2 Å². The number of hydrogen-bond acceptors (Lipinski definition) is 4. The normalized spacial score (nSPS) is 12.0. The number of carbonyl (C=O) groups is 1. The minimum Gasteiger partial charge on any atom is -0.320 e. The third-order valence-electron chi connectivity index (χ3n) is 3.92. The maximum absolute atomic E-state index is 13.1. The van der Waals surface area contributed by atoms with E-state index in [9.17, 15) is 26.4 Å². The molecule has 152 valence electrons. The van der Waals surface area contributed by atoms with Crippen LogP contribution in [0.4, 0.5) is 18.9 Å². The maximum atomic E-state index is 13.1. The molecule has 29 heavy (non-hydrogen) atoms. The monoisotopic (exact) mass is 443 g/mol. The smallest absolute Gasteiger partial charge is 0.320 e. The van der Waals surface area contributed by atoms with Gasteiger partial charge < -0.3 is 5.32 Å². The second kappa shape index (κ2) is 7.53. The Bertz CT molecular complexity index is 1180. The number of nitrogens with zero attached hydrogens (tertiary/aromatic N) is 2. The van der Waals surface area contributed by atoms with E-state index in [-0.39, 0.29) is 26.9 Å². The van der Waals surface area contributed by atoms with Gasteiger partial charge in [-0.1, -0.05) is 11.6 Å². The standard InChI is InChI=1S/C18H13ClF3N3O3S/c1-29(27,28)16-9-11(3-5-13(16)19)17(26)24-14-10-12(18(20,21)22)4-6-15(14)25-8-2-7-23-25/h2-10H,1H3,(H,24,26). The van der Waals surface area contributed by atoms with Crippen LogP contribution in [0.2, 0.25) is 5.02 Å². The van der Waals surface area contributed by atoms with Crippen molar-refractivity contribution in [2.24, 2.45) is 0 Å². The van der Waals surface area contributed by atoms with Gasteiger partial charge in [-0.2, -0.15) is 18.3 Å². The van der Waals surface area contributed by atoms with Crippen molar-refractivity contribution in [1.82, 2.24) is 9.78 Å². The first-order valence-electron chi connectivity index (χ1n) is 7.99. The number of benzene rings is 2. The summed E-state index contributed by atoms with van der Waals surface area (Å²) in [6, 6.07) is 7.96. The molecule has 0 saturated heterocycles. The summed E-state index contributed by atoms with van der Waals surface area (Å²) in [4.78, 5) is 12.4. The Balaban J connectivity index is 2.04. The Morgan fingerprint density at radius 3 is 2.48 bits per heavy atom. The summed E-state index contributed by atoms with van der Waals surface area (Å²) in [5.74, 6) is -0.806. The molecule has 1 N–H and O–H groups in total. The van der Waals surface area contributed by atoms with Gasteiger partial charge in [-0.3, -0.25) is 4.79 Å². The SMILES string of the molecule is CS(=O)(=O)c1cc(C(=O)Nc2cc(C(F)(F)F)ccc2-n2cccn2)ccc1Cl. The zero-order valence-electron chi connectivity index (χ0n) is 14.7. The molecule has 0 atom stereocenters. The Labute approximate surface area is 168 Å². The van der Waals surface area contributed by atoms with E-state index in [1.807, 2.05) is 0 Å². The van der Waals surface area contributed by atoms with Crippen LogP contribution in [0.5, 0.6) is 0 Å². The number of halogens is 4. The highest BCUT2D eigenvalue weighted by Crippen LogP contribution is 2.33. The van der Waals surface area contributed by atoms with Gasteiger partial charge in [0.05, 0.1) is 26.9 Å². The van der Waals surface area contributed by atoms with Crippen LogP contribution in [0.1, 0.15) is 15.9 Å². The van der Waals surface area contributed by atoms with E-state index < -0.39 is 27.5 Å². The maximum Gasteiger partial charge on any atom is 0.416 e. The molecule has 0 aliphatic rings. The second-order valence-electron chi connectivity index (χ2n) is 6.05. The van der Waals surface area contributed by atoms with Crippen LogP contribution >= 0.6 is 11.6 Å². The molecule has 0 bridgehead atoms. The molecule has 1 aromatic heterocycles. The molecule has 0 aliphatic carbocycles. The lowest BCUT2D eigenvalue weighted by Crippen LogP contribution is -2.16. The highest BCUT2D eigenvalue weighted by molar-refractivity contribution is 7.90. The Morgan fingerprint density at radius 2 is 1.90 bits per heavy atom. The lowest BCUT2D eigenvalue weighted by molar-refractivity contribution is -0.137. The van der Waals surface area contributed by atoms with Crippen LogP contribution in [-0.2, 0) is 16.0 Å². The number of nitrogens with one attached hydrogen (secondary N) is 1. The van der Waals surface area contributed by atoms with Gasteiger partial charge in [-0.05, 0) is 42.5 Å². The first kappa shape index (κ1) is 20.9. The predicted molar refractivity (Wildman–Crippen MR) is 101 cm³/mol. The van der Waals surface area contributed by atoms with E-state index in [0.717, 1.165) is 24.5 Å². The first-order valence-corrected chi connectivity index (χ1v) is 10.3. The molecular weight excluding hydrogens is 431 g/mol. The van der Waals surface area contributed by atoms with Crippen LogP contribution in [-0.4, -0.2) is 30.4 Å². The van der Waals surface area contributed by atoms with Crippen LogP contribution in [0.15, 0.2) is 59.8 Å². The lowest BCUT2D eigenvalue weighted by atomic mass is 10.1. The summed E-state index contributed by atoms with van der Waals surface area (Å²) in [6.45, 7) is 0. The molecule has 3 rings (SSSR count). The summed E-state index contributed by atoms with van der Waals surface area (Å²) in [6.07, 6.45) is -0.756. The molecule has 6 nitrogen and oxygen atoms in total. The number of aromatic nitrogens is 2. The largest absolute Gasteiger partial charge is 0.416 e. The minimum absolute atomic E-state index is 0.0691. The molecule has 0 spiro atoms. The zero-order valence-corrected chi connectivity index (χ0v) is 16.3. The topological polar surface area (TPSA) is 81.1 Å². The molecule has 2 aromatic carbocycles. The van der Waals surface area contributed by atoms with Crippen molar-refractivity contribution in [3.8, 4) is 5.69 Å². The van der Waals surface area contributed by atoms with E-state index >= 15 is 0 Å². The number of carbonyl (C=O) groups excluding carboxylic acids is 1. The molecule has 0 fully saturated rings. The summed E-state index contributed by atoms with van der Waals surface area (Å²) in [5, 5.41) is 6.28. The van der Waals surface area contributed by atoms with Gasteiger partial charge in [-0.25, -0.2) is 13.1 Å². The number of rotatable bonds is 4. The molecule has 0 saturated carbocycles. The van der Waals surface area contributed by atoms with E-state index in [1.54, 1.807) is 6.07 Å². The number of hydrogen-bond donors (Lipinski definition) is 1. The summed E-state index contributed by atoms with van der Waals surface area (Å²) < 4.78 is 64.2. The van der Waals surface area contributed by atoms with Crippen LogP contribution in [0.25, 0.3) is 5.69 Å². The molecule has 3 aromatic rings. The van der Waals surface area contributed by atoms with Gasteiger partial charge in [0.1, 0.15) is 0 Å². The predicted octanol–water partition coefficient (Wildman–Crippen LogP) is 4.20. The Morgan fingerprint density at radius 1 is 1.17 bits per heavy atom. The van der Waals surface area contributed by atoms with Gasteiger partial charge >= 0.3 is 6.18 Å². The van der Waals surface area contributed by atoms with Crippen LogP contribution in [0.3, 0.4) is 0 Å². The third-order valence-corrected chi connectivity index (χ3v) is 5.49. The average molecular weight is 444 g/mol. The molecule has 11 heteroatoms. The van der Waals surface area contributed by atoms with E-state index in [2.05, 4.69) is 10.4 Å². The summed E-state index contributed by atoms with van der Waals surface area (Å²) in [5.41, 5.74) is -0.992. The lowest BCUT2D eigenvalue weighted by Gasteiger charge is -2.15. The molecule has 1 amide bonds. The van der Waals surface area contributed by atoms with E-state index in [0.29, 0.717) is 0 Å². The number of alkyl halides is 3. The van der Waals surface area contributed by atoms with Crippen molar-refractivity contribution in [3.63, 3.8) is 0 Å². The first-order chi connectivity index (χ1) is 13.5. The van der Waals surface area contributed by atoms with Gasteiger partial charge in [0.15, 0.2) is 9.84 Å². The molecule has 1 heterocycles. The highest BCUT2D eigenvalue weighted by Gasteiger charge is 2.31. The summed E-state index contributed by atoms with van der Waals surface area (Å²) in [7, 11) is -3.71. The number of amides is 1. The number of anilines is 1.